The largest absolute Gasteiger partial charge is 0.378 e. The van der Waals surface area contributed by atoms with Crippen molar-refractivity contribution in [2.24, 2.45) is 0 Å². The molecule has 1 heterocycles. The SMILES string of the molecule is COCc1c(C(=O)Nc2ccc(F)cc2)nnn1-c1ccc(C)cc1. The summed E-state index contributed by atoms with van der Waals surface area (Å²) in [5.74, 6) is -0.805. The Bertz CT molecular complexity index is 873. The van der Waals surface area contributed by atoms with E-state index in [0.717, 1.165) is 11.3 Å². The van der Waals surface area contributed by atoms with E-state index in [0.29, 0.717) is 11.4 Å². The summed E-state index contributed by atoms with van der Waals surface area (Å²) in [5.41, 5.74) is 3.06. The van der Waals surface area contributed by atoms with Crippen molar-refractivity contribution in [3.8, 4) is 5.69 Å². The number of carbonyl (C=O) groups excluding carboxylic acids is 1. The van der Waals surface area contributed by atoms with Crippen LogP contribution in [0.25, 0.3) is 5.69 Å². The molecule has 2 aromatic carbocycles. The molecule has 0 bridgehead atoms. The van der Waals surface area contributed by atoms with E-state index in [-0.39, 0.29) is 18.1 Å². The van der Waals surface area contributed by atoms with Gasteiger partial charge in [-0.25, -0.2) is 9.07 Å². The zero-order valence-corrected chi connectivity index (χ0v) is 13.9. The number of methoxy groups -OCH3 is 1. The van der Waals surface area contributed by atoms with Gasteiger partial charge in [-0.2, -0.15) is 0 Å². The molecule has 0 fully saturated rings. The molecular formula is C18H17FN4O2. The molecule has 1 N–H and O–H groups in total. The van der Waals surface area contributed by atoms with Gasteiger partial charge >= 0.3 is 0 Å². The highest BCUT2D eigenvalue weighted by molar-refractivity contribution is 6.03. The van der Waals surface area contributed by atoms with Crippen molar-refractivity contribution < 1.29 is 13.9 Å². The maximum absolute atomic E-state index is 13.0. The summed E-state index contributed by atoms with van der Waals surface area (Å²) < 4.78 is 19.7. The van der Waals surface area contributed by atoms with Crippen LogP contribution in [-0.2, 0) is 11.3 Å². The fourth-order valence-corrected chi connectivity index (χ4v) is 2.36. The summed E-state index contributed by atoms with van der Waals surface area (Å²) in [5, 5.41) is 10.8. The number of aromatic nitrogens is 3. The Morgan fingerprint density at radius 1 is 1.16 bits per heavy atom. The highest BCUT2D eigenvalue weighted by Gasteiger charge is 2.20. The minimum absolute atomic E-state index is 0.159. The molecule has 0 aliphatic carbocycles. The van der Waals surface area contributed by atoms with Crippen LogP contribution >= 0.6 is 0 Å². The van der Waals surface area contributed by atoms with Gasteiger partial charge in [-0.3, -0.25) is 4.79 Å². The normalized spacial score (nSPS) is 10.7. The number of nitrogens with one attached hydrogen (secondary N) is 1. The van der Waals surface area contributed by atoms with Crippen molar-refractivity contribution in [3.63, 3.8) is 0 Å². The average molecular weight is 340 g/mol. The third-order valence-electron chi connectivity index (χ3n) is 3.64. The number of aryl methyl sites for hydroxylation is 1. The maximum atomic E-state index is 13.0. The molecule has 0 saturated carbocycles. The number of nitrogens with zero attached hydrogens (tertiary/aromatic N) is 3. The molecule has 0 radical (unpaired) electrons. The van der Waals surface area contributed by atoms with Crippen LogP contribution in [0.15, 0.2) is 48.5 Å². The summed E-state index contributed by atoms with van der Waals surface area (Å²) >= 11 is 0. The number of carbonyl (C=O) groups is 1. The van der Waals surface area contributed by atoms with Crippen molar-refractivity contribution in [3.05, 3.63) is 71.3 Å². The van der Waals surface area contributed by atoms with Gasteiger partial charge in [0.25, 0.3) is 5.91 Å². The van der Waals surface area contributed by atoms with E-state index in [2.05, 4.69) is 15.6 Å². The highest BCUT2D eigenvalue weighted by Crippen LogP contribution is 2.17. The molecule has 0 atom stereocenters. The monoisotopic (exact) mass is 340 g/mol. The third kappa shape index (κ3) is 3.72. The van der Waals surface area contributed by atoms with Crippen LogP contribution in [0, 0.1) is 12.7 Å². The molecule has 0 saturated heterocycles. The molecule has 3 aromatic rings. The van der Waals surface area contributed by atoms with E-state index in [4.69, 9.17) is 4.74 Å². The molecule has 3 rings (SSSR count). The van der Waals surface area contributed by atoms with E-state index in [9.17, 15) is 9.18 Å². The Balaban J connectivity index is 1.91. The second-order valence-corrected chi connectivity index (χ2v) is 5.53. The molecule has 128 valence electrons. The van der Waals surface area contributed by atoms with Crippen LogP contribution in [0.4, 0.5) is 10.1 Å². The predicted octanol–water partition coefficient (Wildman–Crippen LogP) is 3.11. The second-order valence-electron chi connectivity index (χ2n) is 5.53. The van der Waals surface area contributed by atoms with Crippen molar-refractivity contribution in [1.29, 1.82) is 0 Å². The molecule has 1 aromatic heterocycles. The molecule has 6 nitrogen and oxygen atoms in total. The van der Waals surface area contributed by atoms with E-state index in [1.807, 2.05) is 31.2 Å². The van der Waals surface area contributed by atoms with E-state index >= 15 is 0 Å². The summed E-state index contributed by atoms with van der Waals surface area (Å²) in [7, 11) is 1.54. The molecule has 0 unspecified atom stereocenters. The third-order valence-corrected chi connectivity index (χ3v) is 3.64. The van der Waals surface area contributed by atoms with Gasteiger partial charge < -0.3 is 10.1 Å². The first-order valence-corrected chi connectivity index (χ1v) is 7.66. The molecule has 0 aliphatic rings. The van der Waals surface area contributed by atoms with Gasteiger partial charge in [0.1, 0.15) is 11.5 Å². The van der Waals surface area contributed by atoms with Crippen LogP contribution in [0.2, 0.25) is 0 Å². The Morgan fingerprint density at radius 3 is 2.48 bits per heavy atom. The van der Waals surface area contributed by atoms with Crippen molar-refractivity contribution in [2.75, 3.05) is 12.4 Å². The van der Waals surface area contributed by atoms with Crippen LogP contribution < -0.4 is 5.32 Å². The molecule has 1 amide bonds. The van der Waals surface area contributed by atoms with E-state index in [1.54, 1.807) is 4.68 Å². The number of benzene rings is 2. The first kappa shape index (κ1) is 16.8. The van der Waals surface area contributed by atoms with Crippen LogP contribution in [0.1, 0.15) is 21.7 Å². The summed E-state index contributed by atoms with van der Waals surface area (Å²) in [6, 6.07) is 13.2. The lowest BCUT2D eigenvalue weighted by Gasteiger charge is -2.08. The quantitative estimate of drug-likeness (QED) is 0.775. The average Bonchev–Trinajstić information content (AvgIpc) is 3.02. The first-order chi connectivity index (χ1) is 12.1. The fourth-order valence-electron chi connectivity index (χ4n) is 2.36. The zero-order chi connectivity index (χ0) is 17.8. The zero-order valence-electron chi connectivity index (χ0n) is 13.9. The number of hydrogen-bond donors (Lipinski definition) is 1. The van der Waals surface area contributed by atoms with E-state index < -0.39 is 5.91 Å². The number of amides is 1. The van der Waals surface area contributed by atoms with Gasteiger partial charge in [-0.15, -0.1) is 5.10 Å². The lowest BCUT2D eigenvalue weighted by Crippen LogP contribution is -2.16. The molecule has 0 aliphatic heterocycles. The highest BCUT2D eigenvalue weighted by atomic mass is 19.1. The number of halogens is 1. The lowest BCUT2D eigenvalue weighted by molar-refractivity contribution is 0.101. The van der Waals surface area contributed by atoms with Crippen LogP contribution in [-0.4, -0.2) is 28.0 Å². The predicted molar refractivity (Wildman–Crippen MR) is 91.2 cm³/mol. The van der Waals surface area contributed by atoms with Gasteiger partial charge in [-0.05, 0) is 43.3 Å². The Morgan fingerprint density at radius 2 is 1.84 bits per heavy atom. The Labute approximate surface area is 144 Å². The Kier molecular flexibility index (Phi) is 4.85. The topological polar surface area (TPSA) is 69.0 Å². The van der Waals surface area contributed by atoms with Crippen molar-refractivity contribution in [1.82, 2.24) is 15.0 Å². The van der Waals surface area contributed by atoms with Gasteiger partial charge in [0, 0.05) is 12.8 Å². The number of anilines is 1. The van der Waals surface area contributed by atoms with Crippen LogP contribution in [0.3, 0.4) is 0 Å². The summed E-state index contributed by atoms with van der Waals surface area (Å²) in [6.07, 6.45) is 0. The Hall–Kier alpha value is -3.06. The minimum atomic E-state index is -0.433. The molecule has 7 heteroatoms. The van der Waals surface area contributed by atoms with Crippen LogP contribution in [0.5, 0.6) is 0 Å². The second kappa shape index (κ2) is 7.23. The minimum Gasteiger partial charge on any atom is -0.378 e. The van der Waals surface area contributed by atoms with Gasteiger partial charge in [0.05, 0.1) is 12.3 Å². The van der Waals surface area contributed by atoms with Gasteiger partial charge in [-0.1, -0.05) is 22.9 Å². The first-order valence-electron chi connectivity index (χ1n) is 7.66. The number of ether oxygens (including phenoxy) is 1. The summed E-state index contributed by atoms with van der Waals surface area (Å²) in [4.78, 5) is 12.5. The smallest absolute Gasteiger partial charge is 0.278 e. The standard InChI is InChI=1S/C18H17FN4O2/c1-12-3-9-15(10-4-12)23-16(11-25-2)17(21-22-23)18(24)20-14-7-5-13(19)6-8-14/h3-10H,11H2,1-2H3,(H,20,24). The molecular weight excluding hydrogens is 323 g/mol. The van der Waals surface area contributed by atoms with Gasteiger partial charge in [0.2, 0.25) is 0 Å². The number of rotatable bonds is 5. The van der Waals surface area contributed by atoms with E-state index in [1.165, 1.54) is 31.4 Å². The molecule has 25 heavy (non-hydrogen) atoms. The lowest BCUT2D eigenvalue weighted by atomic mass is 10.2. The van der Waals surface area contributed by atoms with Crippen molar-refractivity contribution in [2.45, 2.75) is 13.5 Å². The number of hydrogen-bond acceptors (Lipinski definition) is 4. The van der Waals surface area contributed by atoms with Crippen molar-refractivity contribution >= 4 is 11.6 Å². The maximum Gasteiger partial charge on any atom is 0.278 e. The fraction of sp³-hybridized carbons (Fsp3) is 0.167. The van der Waals surface area contributed by atoms with Gasteiger partial charge in [0.15, 0.2) is 5.69 Å². The molecule has 0 spiro atoms. The summed E-state index contributed by atoms with van der Waals surface area (Å²) in [6.45, 7) is 2.16.